The zero-order chi connectivity index (χ0) is 16.2. The van der Waals surface area contributed by atoms with Crippen LogP contribution in [0.15, 0.2) is 18.2 Å². The van der Waals surface area contributed by atoms with Crippen LogP contribution in [0.4, 0.5) is 5.69 Å². The highest BCUT2D eigenvalue weighted by molar-refractivity contribution is 7.88. The molecule has 9 heteroatoms. The van der Waals surface area contributed by atoms with E-state index in [1.165, 1.54) is 7.11 Å². The highest BCUT2D eigenvalue weighted by Crippen LogP contribution is 2.34. The van der Waals surface area contributed by atoms with Crippen LogP contribution in [0.25, 0.3) is 0 Å². The molecular formula is C13H18N2O6S. The van der Waals surface area contributed by atoms with Crippen molar-refractivity contribution in [2.75, 3.05) is 45.2 Å². The first-order valence-corrected chi connectivity index (χ1v) is 8.38. The van der Waals surface area contributed by atoms with Gasteiger partial charge in [-0.1, -0.05) is 0 Å². The Morgan fingerprint density at radius 2 is 2.09 bits per heavy atom. The Kier molecular flexibility index (Phi) is 5.22. The Morgan fingerprint density at radius 3 is 2.77 bits per heavy atom. The molecular weight excluding hydrogens is 312 g/mol. The van der Waals surface area contributed by atoms with Gasteiger partial charge in [-0.05, 0) is 12.1 Å². The Balaban J connectivity index is 1.99. The zero-order valence-corrected chi connectivity index (χ0v) is 13.2. The van der Waals surface area contributed by atoms with E-state index in [2.05, 4.69) is 5.32 Å². The SMILES string of the molecule is COCCN(CC(=O)Nc1ccc2c(c1)OCO2)S(C)(=O)=O. The molecule has 0 saturated carbocycles. The summed E-state index contributed by atoms with van der Waals surface area (Å²) in [6.07, 6.45) is 1.05. The molecule has 0 aromatic heterocycles. The summed E-state index contributed by atoms with van der Waals surface area (Å²) in [7, 11) is -2.02. The molecule has 2 rings (SSSR count). The molecule has 1 aromatic rings. The van der Waals surface area contributed by atoms with Crippen LogP contribution < -0.4 is 14.8 Å². The van der Waals surface area contributed by atoms with Crippen molar-refractivity contribution in [2.24, 2.45) is 0 Å². The van der Waals surface area contributed by atoms with Crippen molar-refractivity contribution in [3.05, 3.63) is 18.2 Å². The number of sulfonamides is 1. The minimum absolute atomic E-state index is 0.115. The first-order chi connectivity index (χ1) is 10.4. The minimum Gasteiger partial charge on any atom is -0.454 e. The molecule has 0 saturated heterocycles. The van der Waals surface area contributed by atoms with Gasteiger partial charge in [0.25, 0.3) is 0 Å². The lowest BCUT2D eigenvalue weighted by molar-refractivity contribution is -0.116. The number of carbonyl (C=O) groups is 1. The number of fused-ring (bicyclic) bond motifs is 1. The van der Waals surface area contributed by atoms with E-state index in [-0.39, 0.29) is 26.5 Å². The van der Waals surface area contributed by atoms with E-state index < -0.39 is 15.9 Å². The van der Waals surface area contributed by atoms with E-state index in [9.17, 15) is 13.2 Å². The van der Waals surface area contributed by atoms with Gasteiger partial charge in [-0.15, -0.1) is 0 Å². The Labute approximate surface area is 129 Å². The Bertz CT molecular complexity index is 646. The maximum absolute atomic E-state index is 12.0. The second kappa shape index (κ2) is 6.95. The molecule has 0 fully saturated rings. The number of ether oxygens (including phenoxy) is 3. The van der Waals surface area contributed by atoms with Gasteiger partial charge in [0.05, 0.1) is 19.4 Å². The molecule has 1 N–H and O–H groups in total. The van der Waals surface area contributed by atoms with Crippen molar-refractivity contribution < 1.29 is 27.4 Å². The van der Waals surface area contributed by atoms with Gasteiger partial charge < -0.3 is 19.5 Å². The molecule has 0 unspecified atom stereocenters. The van der Waals surface area contributed by atoms with Crippen molar-refractivity contribution in [3.8, 4) is 11.5 Å². The number of carbonyl (C=O) groups excluding carboxylic acids is 1. The fourth-order valence-corrected chi connectivity index (χ4v) is 2.65. The van der Waals surface area contributed by atoms with Crippen LogP contribution in [0.3, 0.4) is 0 Å². The lowest BCUT2D eigenvalue weighted by Gasteiger charge is -2.19. The van der Waals surface area contributed by atoms with E-state index in [4.69, 9.17) is 14.2 Å². The number of anilines is 1. The van der Waals surface area contributed by atoms with Gasteiger partial charge in [-0.25, -0.2) is 8.42 Å². The number of benzene rings is 1. The zero-order valence-electron chi connectivity index (χ0n) is 12.4. The van der Waals surface area contributed by atoms with Crippen molar-refractivity contribution in [3.63, 3.8) is 0 Å². The third-order valence-electron chi connectivity index (χ3n) is 2.99. The smallest absolute Gasteiger partial charge is 0.239 e. The standard InChI is InChI=1S/C13H18N2O6S/c1-19-6-5-15(22(2,17)18)8-13(16)14-10-3-4-11-12(7-10)21-9-20-11/h3-4,7H,5-6,8-9H2,1-2H3,(H,14,16). The summed E-state index contributed by atoms with van der Waals surface area (Å²) in [4.78, 5) is 12.0. The van der Waals surface area contributed by atoms with Crippen LogP contribution in [0.1, 0.15) is 0 Å². The van der Waals surface area contributed by atoms with Gasteiger partial charge in [-0.3, -0.25) is 4.79 Å². The molecule has 0 radical (unpaired) electrons. The predicted molar refractivity (Wildman–Crippen MR) is 79.5 cm³/mol. The molecule has 22 heavy (non-hydrogen) atoms. The fourth-order valence-electron chi connectivity index (χ4n) is 1.89. The molecule has 0 bridgehead atoms. The van der Waals surface area contributed by atoms with E-state index in [1.54, 1.807) is 18.2 Å². The normalized spacial score (nSPS) is 13.4. The molecule has 122 valence electrons. The quantitative estimate of drug-likeness (QED) is 0.771. The molecule has 0 aliphatic carbocycles. The van der Waals surface area contributed by atoms with Crippen molar-refractivity contribution in [2.45, 2.75) is 0 Å². The molecule has 0 spiro atoms. The van der Waals surface area contributed by atoms with Crippen molar-refractivity contribution in [1.82, 2.24) is 4.31 Å². The largest absolute Gasteiger partial charge is 0.454 e. The summed E-state index contributed by atoms with van der Waals surface area (Å²) in [5.74, 6) is 0.702. The van der Waals surface area contributed by atoms with E-state index in [1.807, 2.05) is 0 Å². The van der Waals surface area contributed by atoms with Crippen molar-refractivity contribution in [1.29, 1.82) is 0 Å². The maximum atomic E-state index is 12.0. The lowest BCUT2D eigenvalue weighted by atomic mass is 10.3. The molecule has 0 atom stereocenters. The second-order valence-corrected chi connectivity index (χ2v) is 6.69. The average molecular weight is 330 g/mol. The van der Waals surface area contributed by atoms with Crippen LogP contribution in [0.2, 0.25) is 0 Å². The monoisotopic (exact) mass is 330 g/mol. The molecule has 1 aliphatic heterocycles. The van der Waals surface area contributed by atoms with Crippen LogP contribution >= 0.6 is 0 Å². The van der Waals surface area contributed by atoms with Gasteiger partial charge in [0.1, 0.15) is 0 Å². The minimum atomic E-state index is -3.49. The lowest BCUT2D eigenvalue weighted by Crippen LogP contribution is -2.39. The fraction of sp³-hybridized carbons (Fsp3) is 0.462. The van der Waals surface area contributed by atoms with Gasteiger partial charge >= 0.3 is 0 Å². The third kappa shape index (κ3) is 4.33. The second-order valence-electron chi connectivity index (χ2n) is 4.71. The average Bonchev–Trinajstić information content (AvgIpc) is 2.89. The van der Waals surface area contributed by atoms with E-state index in [0.717, 1.165) is 10.6 Å². The summed E-state index contributed by atoms with van der Waals surface area (Å²) in [6, 6.07) is 4.96. The van der Waals surface area contributed by atoms with Crippen LogP contribution in [0, 0.1) is 0 Å². The summed E-state index contributed by atoms with van der Waals surface area (Å²) in [5.41, 5.74) is 0.509. The van der Waals surface area contributed by atoms with Crippen LogP contribution in [-0.2, 0) is 19.6 Å². The molecule has 1 aromatic carbocycles. The number of hydrogen-bond donors (Lipinski definition) is 1. The number of amides is 1. The van der Waals surface area contributed by atoms with Crippen molar-refractivity contribution >= 4 is 21.6 Å². The number of hydrogen-bond acceptors (Lipinski definition) is 6. The highest BCUT2D eigenvalue weighted by atomic mass is 32.2. The van der Waals surface area contributed by atoms with E-state index >= 15 is 0 Å². The summed E-state index contributed by atoms with van der Waals surface area (Å²) < 4.78 is 39.6. The van der Waals surface area contributed by atoms with E-state index in [0.29, 0.717) is 17.2 Å². The number of rotatable bonds is 7. The summed E-state index contributed by atoms with van der Waals surface area (Å²) >= 11 is 0. The van der Waals surface area contributed by atoms with Gasteiger partial charge in [-0.2, -0.15) is 4.31 Å². The molecule has 1 heterocycles. The third-order valence-corrected chi connectivity index (χ3v) is 4.24. The van der Waals surface area contributed by atoms with Crippen LogP contribution in [-0.4, -0.2) is 58.5 Å². The predicted octanol–water partition coefficient (Wildman–Crippen LogP) is 0.262. The first-order valence-electron chi connectivity index (χ1n) is 6.53. The highest BCUT2D eigenvalue weighted by Gasteiger charge is 2.20. The van der Waals surface area contributed by atoms with Gasteiger partial charge in [0, 0.05) is 25.4 Å². The number of nitrogens with zero attached hydrogens (tertiary/aromatic N) is 1. The summed E-state index contributed by atoms with van der Waals surface area (Å²) in [5, 5.41) is 2.63. The Hall–Kier alpha value is -1.84. The number of nitrogens with one attached hydrogen (secondary N) is 1. The van der Waals surface area contributed by atoms with Gasteiger partial charge in [0.2, 0.25) is 22.7 Å². The van der Waals surface area contributed by atoms with Gasteiger partial charge in [0.15, 0.2) is 11.5 Å². The summed E-state index contributed by atoms with van der Waals surface area (Å²) in [6.45, 7) is 0.191. The van der Waals surface area contributed by atoms with Crippen LogP contribution in [0.5, 0.6) is 11.5 Å². The molecule has 1 amide bonds. The molecule has 1 aliphatic rings. The molecule has 8 nitrogen and oxygen atoms in total. The number of methoxy groups -OCH3 is 1. The maximum Gasteiger partial charge on any atom is 0.239 e. The Morgan fingerprint density at radius 1 is 1.36 bits per heavy atom. The topological polar surface area (TPSA) is 94.2 Å². The first kappa shape index (κ1) is 16.5.